The maximum atomic E-state index is 13.2. The quantitative estimate of drug-likeness (QED) is 0.834. The largest absolute Gasteiger partial charge is 0.355 e. The molecule has 2 aromatic rings. The molecular weight excluding hydrogens is 378 g/mol. The number of hydrogen-bond acceptors (Lipinski definition) is 4. The first-order chi connectivity index (χ1) is 13.3. The lowest BCUT2D eigenvalue weighted by atomic mass is 10.1. The van der Waals surface area contributed by atoms with Gasteiger partial charge in [-0.1, -0.05) is 25.1 Å². The number of nitrogens with zero attached hydrogens (tertiary/aromatic N) is 2. The van der Waals surface area contributed by atoms with Crippen LogP contribution in [0.15, 0.2) is 47.4 Å². The molecule has 7 nitrogen and oxygen atoms in total. The van der Waals surface area contributed by atoms with Crippen molar-refractivity contribution in [2.24, 2.45) is 0 Å². The van der Waals surface area contributed by atoms with Gasteiger partial charge in [0.2, 0.25) is 5.91 Å². The first kappa shape index (κ1) is 19.9. The highest BCUT2D eigenvalue weighted by Gasteiger charge is 2.43. The summed E-state index contributed by atoms with van der Waals surface area (Å²) in [5.74, 6) is -0.343. The lowest BCUT2D eigenvalue weighted by molar-refractivity contribution is -0.119. The molecule has 148 valence electrons. The van der Waals surface area contributed by atoms with E-state index in [-0.39, 0.29) is 28.7 Å². The van der Waals surface area contributed by atoms with E-state index in [9.17, 15) is 18.0 Å². The number of carbonyl (C=O) groups excluding carboxylic acids is 2. The molecule has 8 heteroatoms. The second kappa shape index (κ2) is 7.63. The van der Waals surface area contributed by atoms with Crippen LogP contribution in [-0.4, -0.2) is 33.4 Å². The standard InChI is InChI=1S/C20H23N3O4S/c1-4-11-21-19(24)13-22-17-7-5-6-8-18(17)28(26,27)23(20(22)25)16-10-9-14(2)15(3)12-16/h5-10,12H,4,11,13H2,1-3H3,(H,21,24). The number of anilines is 2. The van der Waals surface area contributed by atoms with Crippen LogP contribution in [-0.2, 0) is 14.8 Å². The first-order valence-electron chi connectivity index (χ1n) is 9.07. The number of amides is 3. The molecule has 0 saturated heterocycles. The Labute approximate surface area is 165 Å². The number of para-hydroxylation sites is 1. The van der Waals surface area contributed by atoms with Crippen molar-refractivity contribution in [3.63, 3.8) is 0 Å². The summed E-state index contributed by atoms with van der Waals surface area (Å²) >= 11 is 0. The number of nitrogens with one attached hydrogen (secondary N) is 1. The molecule has 2 aromatic carbocycles. The van der Waals surface area contributed by atoms with Gasteiger partial charge in [0.25, 0.3) is 10.0 Å². The molecular formula is C20H23N3O4S. The third kappa shape index (κ3) is 3.47. The van der Waals surface area contributed by atoms with Crippen LogP contribution >= 0.6 is 0 Å². The highest BCUT2D eigenvalue weighted by molar-refractivity contribution is 7.94. The molecule has 0 unspecified atom stereocenters. The van der Waals surface area contributed by atoms with E-state index in [1.54, 1.807) is 30.3 Å². The fourth-order valence-electron chi connectivity index (χ4n) is 3.03. The Kier molecular flexibility index (Phi) is 5.42. The van der Waals surface area contributed by atoms with Crippen molar-refractivity contribution >= 4 is 33.3 Å². The molecule has 0 spiro atoms. The minimum absolute atomic E-state index is 0.00359. The van der Waals surface area contributed by atoms with Crippen LogP contribution in [0.4, 0.5) is 16.2 Å². The zero-order chi connectivity index (χ0) is 20.5. The third-order valence-corrected chi connectivity index (χ3v) is 6.43. The summed E-state index contributed by atoms with van der Waals surface area (Å²) in [5.41, 5.74) is 2.31. The summed E-state index contributed by atoms with van der Waals surface area (Å²) in [6, 6.07) is 10.5. The van der Waals surface area contributed by atoms with Crippen LogP contribution in [0.5, 0.6) is 0 Å². The van der Waals surface area contributed by atoms with E-state index in [1.165, 1.54) is 17.0 Å². The molecule has 3 amide bonds. The number of benzene rings is 2. The van der Waals surface area contributed by atoms with Crippen molar-refractivity contribution in [3.8, 4) is 0 Å². The Hall–Kier alpha value is -2.87. The van der Waals surface area contributed by atoms with Crippen LogP contribution in [0.25, 0.3) is 0 Å². The molecule has 0 aromatic heterocycles. The first-order valence-corrected chi connectivity index (χ1v) is 10.5. The number of urea groups is 1. The Morgan fingerprint density at radius 2 is 1.79 bits per heavy atom. The van der Waals surface area contributed by atoms with Crippen molar-refractivity contribution in [2.75, 3.05) is 22.3 Å². The molecule has 0 aliphatic carbocycles. The van der Waals surface area contributed by atoms with Gasteiger partial charge in [0.15, 0.2) is 0 Å². The van der Waals surface area contributed by atoms with Gasteiger partial charge in [-0.15, -0.1) is 0 Å². The van der Waals surface area contributed by atoms with Gasteiger partial charge in [-0.25, -0.2) is 13.2 Å². The number of fused-ring (bicyclic) bond motifs is 1. The Bertz CT molecular complexity index is 1030. The number of hydrogen-bond donors (Lipinski definition) is 1. The molecule has 0 saturated carbocycles. The molecule has 28 heavy (non-hydrogen) atoms. The van der Waals surface area contributed by atoms with Crippen LogP contribution in [0.3, 0.4) is 0 Å². The molecule has 0 radical (unpaired) electrons. The molecule has 0 atom stereocenters. The molecule has 0 fully saturated rings. The summed E-state index contributed by atoms with van der Waals surface area (Å²) in [6.07, 6.45) is 0.763. The van der Waals surface area contributed by atoms with Crippen molar-refractivity contribution in [3.05, 3.63) is 53.6 Å². The zero-order valence-corrected chi connectivity index (χ0v) is 16.9. The van der Waals surface area contributed by atoms with Crippen LogP contribution in [0.1, 0.15) is 24.5 Å². The number of rotatable bonds is 5. The summed E-state index contributed by atoms with van der Waals surface area (Å²) in [6.45, 7) is 5.92. The summed E-state index contributed by atoms with van der Waals surface area (Å²) in [5, 5.41) is 2.72. The Morgan fingerprint density at radius 3 is 2.46 bits per heavy atom. The van der Waals surface area contributed by atoms with Gasteiger partial charge < -0.3 is 5.32 Å². The summed E-state index contributed by atoms with van der Waals surface area (Å²) < 4.78 is 27.2. The minimum Gasteiger partial charge on any atom is -0.355 e. The normalized spacial score (nSPS) is 15.3. The number of sulfonamides is 1. The molecule has 3 rings (SSSR count). The maximum absolute atomic E-state index is 13.2. The topological polar surface area (TPSA) is 86.8 Å². The van der Waals surface area contributed by atoms with Crippen LogP contribution < -0.4 is 14.5 Å². The highest BCUT2D eigenvalue weighted by Crippen LogP contribution is 2.37. The predicted molar refractivity (Wildman–Crippen MR) is 108 cm³/mol. The second-order valence-corrected chi connectivity index (χ2v) is 8.48. The predicted octanol–water partition coefficient (Wildman–Crippen LogP) is 2.96. The average molecular weight is 401 g/mol. The second-order valence-electron chi connectivity index (χ2n) is 6.72. The van der Waals surface area contributed by atoms with E-state index in [1.807, 2.05) is 20.8 Å². The molecule has 1 aliphatic heterocycles. The van der Waals surface area contributed by atoms with Gasteiger partial charge in [-0.05, 0) is 55.7 Å². The number of carbonyl (C=O) groups is 2. The van der Waals surface area contributed by atoms with Crippen LogP contribution in [0.2, 0.25) is 0 Å². The summed E-state index contributed by atoms with van der Waals surface area (Å²) in [7, 11) is -4.09. The fraction of sp³-hybridized carbons (Fsp3) is 0.300. The van der Waals surface area contributed by atoms with Crippen molar-refractivity contribution in [1.82, 2.24) is 5.32 Å². The number of aryl methyl sites for hydroxylation is 2. The van der Waals surface area contributed by atoms with Gasteiger partial charge in [0.05, 0.1) is 11.4 Å². The fourth-order valence-corrected chi connectivity index (χ4v) is 4.62. The zero-order valence-electron chi connectivity index (χ0n) is 16.1. The Balaban J connectivity index is 2.10. The van der Waals surface area contributed by atoms with Gasteiger partial charge in [-0.3, -0.25) is 9.69 Å². The van der Waals surface area contributed by atoms with E-state index in [2.05, 4.69) is 5.32 Å². The average Bonchev–Trinajstić information content (AvgIpc) is 2.66. The summed E-state index contributed by atoms with van der Waals surface area (Å²) in [4.78, 5) is 26.7. The molecule has 1 heterocycles. The van der Waals surface area contributed by atoms with Crippen LogP contribution in [0, 0.1) is 13.8 Å². The van der Waals surface area contributed by atoms with Gasteiger partial charge >= 0.3 is 6.03 Å². The van der Waals surface area contributed by atoms with E-state index >= 15 is 0 Å². The third-order valence-electron chi connectivity index (χ3n) is 4.68. The highest BCUT2D eigenvalue weighted by atomic mass is 32.2. The van der Waals surface area contributed by atoms with Crippen molar-refractivity contribution in [1.29, 1.82) is 0 Å². The molecule has 1 aliphatic rings. The van der Waals surface area contributed by atoms with Gasteiger partial charge in [0.1, 0.15) is 11.4 Å². The maximum Gasteiger partial charge on any atom is 0.343 e. The lowest BCUT2D eigenvalue weighted by Gasteiger charge is -2.36. The van der Waals surface area contributed by atoms with Crippen molar-refractivity contribution < 1.29 is 18.0 Å². The van der Waals surface area contributed by atoms with E-state index in [0.717, 1.165) is 21.9 Å². The molecule has 1 N–H and O–H groups in total. The van der Waals surface area contributed by atoms with Gasteiger partial charge in [-0.2, -0.15) is 4.31 Å². The molecule has 0 bridgehead atoms. The smallest absolute Gasteiger partial charge is 0.343 e. The SMILES string of the molecule is CCCNC(=O)CN1C(=O)N(c2ccc(C)c(C)c2)S(=O)(=O)c2ccccc21. The lowest BCUT2D eigenvalue weighted by Crippen LogP contribution is -2.53. The Morgan fingerprint density at radius 1 is 1.07 bits per heavy atom. The minimum atomic E-state index is -4.09. The van der Waals surface area contributed by atoms with E-state index in [4.69, 9.17) is 0 Å². The van der Waals surface area contributed by atoms with E-state index < -0.39 is 16.1 Å². The van der Waals surface area contributed by atoms with Gasteiger partial charge in [0, 0.05) is 6.54 Å². The van der Waals surface area contributed by atoms with Crippen molar-refractivity contribution in [2.45, 2.75) is 32.1 Å². The monoisotopic (exact) mass is 401 g/mol. The van der Waals surface area contributed by atoms with E-state index in [0.29, 0.717) is 6.54 Å².